The third-order valence-corrected chi connectivity index (χ3v) is 10.4. The molecule has 3 aliphatic rings. The number of fused-ring (bicyclic) bond motifs is 6. The summed E-state index contributed by atoms with van der Waals surface area (Å²) in [5, 5.41) is 19.0. The van der Waals surface area contributed by atoms with Gasteiger partial charge in [0.05, 0.1) is 25.0 Å². The molecule has 8 rings (SSSR count). The third kappa shape index (κ3) is 6.13. The number of para-hydroxylation sites is 1. The fraction of sp³-hybridized carbons (Fsp3) is 0.286. The molecule has 0 amide bonds. The van der Waals surface area contributed by atoms with Crippen LogP contribution in [0, 0.1) is 13.8 Å². The van der Waals surface area contributed by atoms with E-state index < -0.39 is 22.2 Å². The molecule has 2 unspecified atom stereocenters. The number of nitrogens with zero attached hydrogens (tertiary/aromatic N) is 5. The number of rotatable bonds is 3. The topological polar surface area (TPSA) is 127 Å². The molecule has 9 bridgehead atoms. The molecule has 3 aliphatic heterocycles. The number of hydrogen-bond donors (Lipinski definition) is 1. The highest BCUT2D eigenvalue weighted by Crippen LogP contribution is 2.36. The number of ether oxygens (including phenoxy) is 1. The van der Waals surface area contributed by atoms with Gasteiger partial charge in [0.2, 0.25) is 0 Å². The Morgan fingerprint density at radius 1 is 0.936 bits per heavy atom. The summed E-state index contributed by atoms with van der Waals surface area (Å²) in [4.78, 5) is 14.4. The average molecular weight is 654 g/mol. The van der Waals surface area contributed by atoms with Crippen LogP contribution in [0.2, 0.25) is 0 Å². The van der Waals surface area contributed by atoms with Crippen molar-refractivity contribution in [1.29, 1.82) is 0 Å². The van der Waals surface area contributed by atoms with Crippen LogP contribution in [0.4, 0.5) is 5.69 Å². The summed E-state index contributed by atoms with van der Waals surface area (Å²) >= 11 is 0. The standard InChI is InChI=1S/C35H35N5O6S/c1-23-8-9-25-18-26(23)21-39-22-27-19-29(10-13-33(27)46-47(39,43)44)45-17-16-38(28-6-4-3-5-7-28)14-15-40-32-12-11-30(31(25)20-34(41)42)24(2)35(32)36-37-40/h3-13,18-19,31H,14-17,20-22H2,1-2H3,(H,41,42). The zero-order valence-electron chi connectivity index (χ0n) is 26.2. The summed E-state index contributed by atoms with van der Waals surface area (Å²) in [5.41, 5.74) is 7.46. The zero-order chi connectivity index (χ0) is 32.7. The van der Waals surface area contributed by atoms with Crippen LogP contribution in [-0.2, 0) is 34.7 Å². The first-order valence-electron chi connectivity index (χ1n) is 15.6. The molecule has 4 aromatic carbocycles. The zero-order valence-corrected chi connectivity index (χ0v) is 27.0. The number of carboxylic acids is 1. The predicted octanol–water partition coefficient (Wildman–Crippen LogP) is 5.19. The first kappa shape index (κ1) is 30.7. The second-order valence-electron chi connectivity index (χ2n) is 12.0. The van der Waals surface area contributed by atoms with Crippen LogP contribution in [0.3, 0.4) is 0 Å². The van der Waals surface area contributed by atoms with E-state index in [0.29, 0.717) is 37.6 Å². The lowest BCUT2D eigenvalue weighted by atomic mass is 9.84. The van der Waals surface area contributed by atoms with Crippen molar-refractivity contribution in [3.8, 4) is 11.5 Å². The fourth-order valence-electron chi connectivity index (χ4n) is 6.49. The van der Waals surface area contributed by atoms with Crippen molar-refractivity contribution in [3.63, 3.8) is 0 Å². The molecular formula is C35H35N5O6S. The Morgan fingerprint density at radius 3 is 2.55 bits per heavy atom. The first-order valence-corrected chi connectivity index (χ1v) is 16.9. The second-order valence-corrected chi connectivity index (χ2v) is 13.6. The molecule has 0 aliphatic carbocycles. The highest BCUT2D eigenvalue weighted by molar-refractivity contribution is 7.84. The smallest absolute Gasteiger partial charge is 0.385 e. The van der Waals surface area contributed by atoms with Gasteiger partial charge >= 0.3 is 16.3 Å². The van der Waals surface area contributed by atoms with Gasteiger partial charge in [-0.2, -0.15) is 12.7 Å². The van der Waals surface area contributed by atoms with Gasteiger partial charge in [0.15, 0.2) is 0 Å². The molecule has 11 nitrogen and oxygen atoms in total. The highest BCUT2D eigenvalue weighted by Gasteiger charge is 2.33. The molecule has 5 aromatic rings. The number of carbonyl (C=O) groups is 1. The van der Waals surface area contributed by atoms with Crippen LogP contribution >= 0.6 is 0 Å². The monoisotopic (exact) mass is 653 g/mol. The molecule has 1 N–H and O–H groups in total. The van der Waals surface area contributed by atoms with Gasteiger partial charge in [-0.05, 0) is 78.1 Å². The lowest BCUT2D eigenvalue weighted by Crippen LogP contribution is -2.37. The molecule has 0 spiro atoms. The summed E-state index contributed by atoms with van der Waals surface area (Å²) in [6.07, 6.45) is -0.143. The molecule has 0 saturated carbocycles. The molecule has 0 fully saturated rings. The minimum atomic E-state index is -4.08. The van der Waals surface area contributed by atoms with Gasteiger partial charge in [-0.3, -0.25) is 4.79 Å². The first-order chi connectivity index (χ1) is 22.7. The number of aromatic nitrogens is 3. The van der Waals surface area contributed by atoms with Crippen molar-refractivity contribution in [2.45, 2.75) is 45.8 Å². The Kier molecular flexibility index (Phi) is 8.06. The Labute approximate surface area is 273 Å². The van der Waals surface area contributed by atoms with Crippen LogP contribution in [-0.4, -0.2) is 58.5 Å². The average Bonchev–Trinajstić information content (AvgIpc) is 3.47. The van der Waals surface area contributed by atoms with Crippen LogP contribution in [0.5, 0.6) is 11.5 Å². The van der Waals surface area contributed by atoms with Gasteiger partial charge in [0, 0.05) is 36.8 Å². The normalized spacial score (nSPS) is 19.2. The van der Waals surface area contributed by atoms with Crippen molar-refractivity contribution in [2.75, 3.05) is 24.6 Å². The van der Waals surface area contributed by atoms with E-state index in [-0.39, 0.29) is 25.3 Å². The van der Waals surface area contributed by atoms with E-state index in [0.717, 1.165) is 44.5 Å². The fourth-order valence-corrected chi connectivity index (χ4v) is 7.58. The maximum Gasteiger partial charge on any atom is 0.385 e. The summed E-state index contributed by atoms with van der Waals surface area (Å²) in [6.45, 7) is 6.25. The van der Waals surface area contributed by atoms with Crippen molar-refractivity contribution < 1.29 is 27.2 Å². The molecule has 2 atom stereocenters. The van der Waals surface area contributed by atoms with Crippen LogP contribution in [0.25, 0.3) is 11.0 Å². The largest absolute Gasteiger partial charge is 0.492 e. The summed E-state index contributed by atoms with van der Waals surface area (Å²) in [5.74, 6) is -0.524. The molecule has 242 valence electrons. The van der Waals surface area contributed by atoms with E-state index in [9.17, 15) is 18.3 Å². The van der Waals surface area contributed by atoms with Crippen molar-refractivity contribution in [1.82, 2.24) is 19.3 Å². The molecule has 12 heteroatoms. The summed E-state index contributed by atoms with van der Waals surface area (Å²) in [6, 6.07) is 24.9. The predicted molar refractivity (Wildman–Crippen MR) is 177 cm³/mol. The van der Waals surface area contributed by atoms with Crippen molar-refractivity contribution in [2.24, 2.45) is 0 Å². The van der Waals surface area contributed by atoms with Gasteiger partial charge in [0.1, 0.15) is 23.6 Å². The maximum absolute atomic E-state index is 13.3. The minimum Gasteiger partial charge on any atom is -0.492 e. The van der Waals surface area contributed by atoms with Gasteiger partial charge in [-0.15, -0.1) is 5.10 Å². The molecule has 4 heterocycles. The van der Waals surface area contributed by atoms with Gasteiger partial charge in [0.25, 0.3) is 0 Å². The summed E-state index contributed by atoms with van der Waals surface area (Å²) < 4.78 is 41.4. The lowest BCUT2D eigenvalue weighted by Gasteiger charge is -2.29. The highest BCUT2D eigenvalue weighted by atomic mass is 32.2. The lowest BCUT2D eigenvalue weighted by molar-refractivity contribution is -0.137. The molecule has 47 heavy (non-hydrogen) atoms. The van der Waals surface area contributed by atoms with E-state index in [1.54, 1.807) is 12.1 Å². The van der Waals surface area contributed by atoms with E-state index >= 15 is 0 Å². The van der Waals surface area contributed by atoms with Crippen molar-refractivity contribution in [3.05, 3.63) is 112 Å². The van der Waals surface area contributed by atoms with Crippen molar-refractivity contribution >= 4 is 33.0 Å². The third-order valence-electron chi connectivity index (χ3n) is 9.08. The quantitative estimate of drug-likeness (QED) is 0.280. The molecule has 0 saturated heterocycles. The van der Waals surface area contributed by atoms with E-state index in [1.165, 1.54) is 4.31 Å². The summed E-state index contributed by atoms with van der Waals surface area (Å²) in [7, 11) is -4.08. The Balaban J connectivity index is 1.34. The Bertz CT molecular complexity index is 2080. The van der Waals surface area contributed by atoms with E-state index in [1.807, 2.05) is 73.1 Å². The van der Waals surface area contributed by atoms with Crippen LogP contribution in [0.15, 0.2) is 78.9 Å². The van der Waals surface area contributed by atoms with E-state index in [2.05, 4.69) is 27.3 Å². The van der Waals surface area contributed by atoms with E-state index in [4.69, 9.17) is 8.92 Å². The number of aliphatic carboxylic acids is 1. The van der Waals surface area contributed by atoms with Crippen LogP contribution < -0.4 is 13.8 Å². The minimum absolute atomic E-state index is 0.0602. The van der Waals surface area contributed by atoms with Crippen LogP contribution in [0.1, 0.15) is 45.7 Å². The van der Waals surface area contributed by atoms with Gasteiger partial charge < -0.3 is 18.9 Å². The molecule has 1 aromatic heterocycles. The number of benzene rings is 4. The molecule has 0 radical (unpaired) electrons. The van der Waals surface area contributed by atoms with Gasteiger partial charge in [-0.25, -0.2) is 4.68 Å². The Morgan fingerprint density at radius 2 is 1.74 bits per heavy atom. The number of hydrogen-bond acceptors (Lipinski definition) is 8. The second kappa shape index (κ2) is 12.3. The van der Waals surface area contributed by atoms with Gasteiger partial charge in [-0.1, -0.05) is 47.7 Å². The number of carboxylic acid groups (broad SMARTS) is 1. The Hall–Kier alpha value is -4.94. The number of aryl methyl sites for hydroxylation is 2. The number of anilines is 1. The molecular weight excluding hydrogens is 618 g/mol. The maximum atomic E-state index is 13.3. The SMILES string of the molecule is Cc1ccc2cc1CN1Cc3cc(ccc3OS1(=O)=O)OCCN(c1ccccc1)CCn1nnc3c(C)c(ccc31)C2CC(=O)O.